The molecule has 31 heavy (non-hydrogen) atoms. The third kappa shape index (κ3) is 3.13. The van der Waals surface area contributed by atoms with E-state index in [1.165, 1.54) is 42.4 Å². The minimum Gasteiger partial charge on any atom is -0.256 e. The molecule has 1 nitrogen and oxygen atoms in total. The number of hydrogen-bond acceptors (Lipinski definition) is 2. The first-order chi connectivity index (χ1) is 15.4. The summed E-state index contributed by atoms with van der Waals surface area (Å²) in [6.45, 7) is 0. The van der Waals surface area contributed by atoms with Gasteiger partial charge in [0.05, 0.1) is 5.69 Å². The Kier molecular flexibility index (Phi) is 4.37. The zero-order chi connectivity index (χ0) is 20.6. The standard InChI is InChI=1S/C29H19NS/c1-2-8-20(9-3-1)23-10-6-12-25-26-13-7-11-24(29(26)31-28(23)25)21-15-17-22(18-16-21)27-14-4-5-19-30-27/h1-19H. The molecule has 0 aliphatic carbocycles. The molecule has 0 radical (unpaired) electrons. The van der Waals surface area contributed by atoms with E-state index in [0.717, 1.165) is 11.3 Å². The first kappa shape index (κ1) is 18.1. The number of pyridine rings is 1. The molecule has 0 unspecified atom stereocenters. The first-order valence-corrected chi connectivity index (χ1v) is 11.2. The Labute approximate surface area is 185 Å². The van der Waals surface area contributed by atoms with E-state index in [2.05, 4.69) is 96.0 Å². The summed E-state index contributed by atoms with van der Waals surface area (Å²) in [7, 11) is 0. The largest absolute Gasteiger partial charge is 0.256 e. The summed E-state index contributed by atoms with van der Waals surface area (Å²) in [5.41, 5.74) is 7.22. The maximum Gasteiger partial charge on any atom is 0.0701 e. The monoisotopic (exact) mass is 413 g/mol. The molecule has 2 aromatic heterocycles. The number of rotatable bonds is 3. The topological polar surface area (TPSA) is 12.9 Å². The van der Waals surface area contributed by atoms with Crippen LogP contribution in [0.3, 0.4) is 0 Å². The van der Waals surface area contributed by atoms with Crippen molar-refractivity contribution in [1.29, 1.82) is 0 Å². The predicted octanol–water partition coefficient (Wildman–Crippen LogP) is 8.45. The van der Waals surface area contributed by atoms with Crippen molar-refractivity contribution in [3.05, 3.63) is 115 Å². The van der Waals surface area contributed by atoms with Crippen LogP contribution in [-0.2, 0) is 0 Å². The molecular weight excluding hydrogens is 394 g/mol. The molecule has 2 heteroatoms. The summed E-state index contributed by atoms with van der Waals surface area (Å²) in [5.74, 6) is 0. The Morgan fingerprint density at radius 1 is 0.452 bits per heavy atom. The Balaban J connectivity index is 1.52. The molecule has 0 atom stereocenters. The Hall–Kier alpha value is -3.75. The summed E-state index contributed by atoms with van der Waals surface area (Å²) in [4.78, 5) is 4.47. The molecule has 4 aromatic carbocycles. The number of aromatic nitrogens is 1. The van der Waals surface area contributed by atoms with Crippen molar-refractivity contribution in [2.75, 3.05) is 0 Å². The molecule has 0 spiro atoms. The van der Waals surface area contributed by atoms with E-state index in [4.69, 9.17) is 0 Å². The third-order valence-electron chi connectivity index (χ3n) is 5.77. The highest BCUT2D eigenvalue weighted by molar-refractivity contribution is 7.26. The van der Waals surface area contributed by atoms with Gasteiger partial charge in [0.15, 0.2) is 0 Å². The summed E-state index contributed by atoms with van der Waals surface area (Å²) >= 11 is 1.89. The van der Waals surface area contributed by atoms with Gasteiger partial charge >= 0.3 is 0 Å². The average molecular weight is 414 g/mol. The zero-order valence-electron chi connectivity index (χ0n) is 16.8. The van der Waals surface area contributed by atoms with Crippen LogP contribution in [0.5, 0.6) is 0 Å². The highest BCUT2D eigenvalue weighted by atomic mass is 32.1. The van der Waals surface area contributed by atoms with Gasteiger partial charge in [0, 0.05) is 31.9 Å². The van der Waals surface area contributed by atoms with Gasteiger partial charge in [0.2, 0.25) is 0 Å². The van der Waals surface area contributed by atoms with Crippen molar-refractivity contribution in [3.63, 3.8) is 0 Å². The molecule has 2 heterocycles. The Morgan fingerprint density at radius 3 is 1.65 bits per heavy atom. The molecular formula is C29H19NS. The second-order valence-electron chi connectivity index (χ2n) is 7.62. The van der Waals surface area contributed by atoms with Crippen LogP contribution >= 0.6 is 11.3 Å². The van der Waals surface area contributed by atoms with E-state index in [1.54, 1.807) is 0 Å². The minimum atomic E-state index is 1.00. The molecule has 0 saturated heterocycles. The number of fused-ring (bicyclic) bond motifs is 3. The van der Waals surface area contributed by atoms with E-state index in [1.807, 2.05) is 35.7 Å². The first-order valence-electron chi connectivity index (χ1n) is 10.4. The second kappa shape index (κ2) is 7.50. The van der Waals surface area contributed by atoms with Crippen LogP contribution in [-0.4, -0.2) is 4.98 Å². The number of thiophene rings is 1. The fourth-order valence-electron chi connectivity index (χ4n) is 4.25. The quantitative estimate of drug-likeness (QED) is 0.283. The molecule has 0 saturated carbocycles. The lowest BCUT2D eigenvalue weighted by Crippen LogP contribution is -1.83. The van der Waals surface area contributed by atoms with Crippen LogP contribution < -0.4 is 0 Å². The number of benzene rings is 4. The van der Waals surface area contributed by atoms with Gasteiger partial charge in [-0.25, -0.2) is 0 Å². The highest BCUT2D eigenvalue weighted by Gasteiger charge is 2.13. The van der Waals surface area contributed by atoms with Gasteiger partial charge in [-0.2, -0.15) is 0 Å². The molecule has 0 amide bonds. The number of hydrogen-bond donors (Lipinski definition) is 0. The van der Waals surface area contributed by atoms with Crippen molar-refractivity contribution in [2.24, 2.45) is 0 Å². The van der Waals surface area contributed by atoms with Crippen molar-refractivity contribution in [3.8, 4) is 33.5 Å². The zero-order valence-corrected chi connectivity index (χ0v) is 17.6. The molecule has 0 bridgehead atoms. The molecule has 6 rings (SSSR count). The lowest BCUT2D eigenvalue weighted by atomic mass is 9.99. The molecule has 0 aliphatic rings. The van der Waals surface area contributed by atoms with Gasteiger partial charge in [0.1, 0.15) is 0 Å². The maximum absolute atomic E-state index is 4.47. The van der Waals surface area contributed by atoms with E-state index in [-0.39, 0.29) is 0 Å². The predicted molar refractivity (Wildman–Crippen MR) is 133 cm³/mol. The van der Waals surface area contributed by atoms with Crippen molar-refractivity contribution in [2.45, 2.75) is 0 Å². The molecule has 0 fully saturated rings. The van der Waals surface area contributed by atoms with Crippen molar-refractivity contribution in [1.82, 2.24) is 4.98 Å². The van der Waals surface area contributed by atoms with E-state index in [0.29, 0.717) is 0 Å². The molecule has 0 aliphatic heterocycles. The van der Waals surface area contributed by atoms with E-state index in [9.17, 15) is 0 Å². The fourth-order valence-corrected chi connectivity index (χ4v) is 5.62. The van der Waals surface area contributed by atoms with E-state index < -0.39 is 0 Å². The summed E-state index contributed by atoms with van der Waals surface area (Å²) in [6.07, 6.45) is 1.84. The Morgan fingerprint density at radius 2 is 1.03 bits per heavy atom. The van der Waals surface area contributed by atoms with Crippen LogP contribution in [0, 0.1) is 0 Å². The Bertz CT molecular complexity index is 1500. The van der Waals surface area contributed by atoms with Crippen LogP contribution in [0.2, 0.25) is 0 Å². The molecule has 146 valence electrons. The molecule has 6 aromatic rings. The summed E-state index contributed by atoms with van der Waals surface area (Å²) in [6, 6.07) is 38.7. The normalized spacial score (nSPS) is 11.2. The summed E-state index contributed by atoms with van der Waals surface area (Å²) in [5, 5.41) is 2.65. The fraction of sp³-hybridized carbons (Fsp3) is 0. The second-order valence-corrected chi connectivity index (χ2v) is 8.65. The third-order valence-corrected chi connectivity index (χ3v) is 7.05. The lowest BCUT2D eigenvalue weighted by molar-refractivity contribution is 1.33. The van der Waals surface area contributed by atoms with Crippen molar-refractivity contribution < 1.29 is 0 Å². The summed E-state index contributed by atoms with van der Waals surface area (Å²) < 4.78 is 2.69. The van der Waals surface area contributed by atoms with Crippen LogP contribution in [0.4, 0.5) is 0 Å². The number of nitrogens with zero attached hydrogens (tertiary/aromatic N) is 1. The van der Waals surface area contributed by atoms with Gasteiger partial charge < -0.3 is 0 Å². The van der Waals surface area contributed by atoms with Crippen LogP contribution in [0.1, 0.15) is 0 Å². The smallest absolute Gasteiger partial charge is 0.0701 e. The lowest BCUT2D eigenvalue weighted by Gasteiger charge is -2.06. The average Bonchev–Trinajstić information content (AvgIpc) is 3.24. The molecule has 0 N–H and O–H groups in total. The maximum atomic E-state index is 4.47. The minimum absolute atomic E-state index is 1.00. The van der Waals surface area contributed by atoms with Crippen molar-refractivity contribution >= 4 is 31.5 Å². The van der Waals surface area contributed by atoms with Crippen LogP contribution in [0.15, 0.2) is 115 Å². The van der Waals surface area contributed by atoms with Gasteiger partial charge in [-0.3, -0.25) is 4.98 Å². The van der Waals surface area contributed by atoms with E-state index >= 15 is 0 Å². The van der Waals surface area contributed by atoms with Gasteiger partial charge in [-0.05, 0) is 34.4 Å². The van der Waals surface area contributed by atoms with Gasteiger partial charge in [0.25, 0.3) is 0 Å². The SMILES string of the molecule is c1ccc(-c2cccc3c2sc2c(-c4ccc(-c5ccccn5)cc4)cccc23)cc1. The van der Waals surface area contributed by atoms with Gasteiger partial charge in [-0.1, -0.05) is 97.1 Å². The highest BCUT2D eigenvalue weighted by Crippen LogP contribution is 2.43. The van der Waals surface area contributed by atoms with Crippen LogP contribution in [0.25, 0.3) is 53.7 Å². The van der Waals surface area contributed by atoms with Gasteiger partial charge in [-0.15, -0.1) is 11.3 Å².